The first-order valence-electron chi connectivity index (χ1n) is 4.12. The van der Waals surface area contributed by atoms with Gasteiger partial charge in [0.2, 0.25) is 0 Å². The van der Waals surface area contributed by atoms with Gasteiger partial charge in [-0.05, 0) is 27.2 Å². The molecule has 0 aromatic heterocycles. The summed E-state index contributed by atoms with van der Waals surface area (Å²) in [5.74, 6) is 0. The summed E-state index contributed by atoms with van der Waals surface area (Å²) in [5.41, 5.74) is 0. The lowest BCUT2D eigenvalue weighted by Gasteiger charge is -2.16. The van der Waals surface area contributed by atoms with Crippen LogP contribution in [0.1, 0.15) is 27.2 Å². The van der Waals surface area contributed by atoms with E-state index in [9.17, 15) is 0 Å². The van der Waals surface area contributed by atoms with E-state index in [2.05, 4.69) is 5.32 Å². The average Bonchev–Trinajstić information content (AvgIpc) is 1.82. The molecule has 0 rings (SSSR count). The van der Waals surface area contributed by atoms with Crippen molar-refractivity contribution < 1.29 is 10.2 Å². The molecule has 0 aromatic carbocycles. The Bertz CT molecular complexity index is 94.1. The van der Waals surface area contributed by atoms with Gasteiger partial charge in [-0.25, -0.2) is 0 Å². The van der Waals surface area contributed by atoms with Crippen molar-refractivity contribution in [3.8, 4) is 0 Å². The highest BCUT2D eigenvalue weighted by Gasteiger charge is 2.05. The zero-order valence-corrected chi connectivity index (χ0v) is 7.54. The summed E-state index contributed by atoms with van der Waals surface area (Å²) in [6, 6.07) is 0.268. The fourth-order valence-corrected chi connectivity index (χ4v) is 0.967. The molecule has 3 N–H and O–H groups in total. The van der Waals surface area contributed by atoms with Gasteiger partial charge < -0.3 is 15.5 Å². The lowest BCUT2D eigenvalue weighted by molar-refractivity contribution is 0.156. The second-order valence-corrected chi connectivity index (χ2v) is 3.24. The Balaban J connectivity index is 3.29. The van der Waals surface area contributed by atoms with Crippen molar-refractivity contribution >= 4 is 0 Å². The Hall–Kier alpha value is -0.120. The average molecular weight is 161 g/mol. The highest BCUT2D eigenvalue weighted by Crippen LogP contribution is 1.95. The molecule has 0 heterocycles. The minimum Gasteiger partial charge on any atom is -0.393 e. The minimum atomic E-state index is -0.313. The van der Waals surface area contributed by atoms with E-state index in [1.807, 2.05) is 6.92 Å². The molecule has 0 aliphatic rings. The Labute approximate surface area is 68.4 Å². The van der Waals surface area contributed by atoms with Crippen LogP contribution in [0.25, 0.3) is 0 Å². The summed E-state index contributed by atoms with van der Waals surface area (Å²) in [4.78, 5) is 0. The van der Waals surface area contributed by atoms with Crippen molar-refractivity contribution in [2.75, 3.05) is 6.54 Å². The smallest absolute Gasteiger partial charge is 0.0636 e. The van der Waals surface area contributed by atoms with Crippen molar-refractivity contribution in [3.05, 3.63) is 0 Å². The summed E-state index contributed by atoms with van der Waals surface area (Å²) in [5, 5.41) is 21.0. The van der Waals surface area contributed by atoms with Crippen LogP contribution >= 0.6 is 0 Å². The lowest BCUT2D eigenvalue weighted by Crippen LogP contribution is -2.34. The molecule has 0 aliphatic heterocycles. The third-order valence-corrected chi connectivity index (χ3v) is 1.46. The number of aliphatic hydroxyl groups excluding tert-OH is 2. The molecule has 3 nitrogen and oxygen atoms in total. The van der Waals surface area contributed by atoms with E-state index in [0.717, 1.165) is 6.42 Å². The van der Waals surface area contributed by atoms with Gasteiger partial charge in [0.1, 0.15) is 0 Å². The molecule has 0 aliphatic carbocycles. The summed E-state index contributed by atoms with van der Waals surface area (Å²) in [6.45, 7) is 6.09. The molecule has 0 spiro atoms. The van der Waals surface area contributed by atoms with E-state index in [-0.39, 0.29) is 18.2 Å². The molecule has 2 unspecified atom stereocenters. The highest BCUT2D eigenvalue weighted by atomic mass is 16.3. The fraction of sp³-hybridized carbons (Fsp3) is 1.00. The molecule has 0 bridgehead atoms. The molecule has 68 valence electrons. The topological polar surface area (TPSA) is 52.5 Å². The maximum Gasteiger partial charge on any atom is 0.0636 e. The van der Waals surface area contributed by atoms with Crippen LogP contribution in [-0.2, 0) is 0 Å². The number of rotatable bonds is 5. The van der Waals surface area contributed by atoms with Gasteiger partial charge in [0.05, 0.1) is 12.2 Å². The van der Waals surface area contributed by atoms with E-state index in [4.69, 9.17) is 10.2 Å². The first-order valence-corrected chi connectivity index (χ1v) is 4.12. The third-order valence-electron chi connectivity index (χ3n) is 1.46. The Morgan fingerprint density at radius 2 is 1.64 bits per heavy atom. The predicted octanol–water partition coefficient (Wildman–Crippen LogP) is 0.116. The van der Waals surface area contributed by atoms with Gasteiger partial charge in [0.25, 0.3) is 0 Å². The summed E-state index contributed by atoms with van der Waals surface area (Å²) in [6.07, 6.45) is 0.144. The van der Waals surface area contributed by atoms with Gasteiger partial charge in [-0.3, -0.25) is 0 Å². The van der Waals surface area contributed by atoms with Gasteiger partial charge in [0.15, 0.2) is 0 Å². The molecular weight excluding hydrogens is 142 g/mol. The number of hydrogen-bond acceptors (Lipinski definition) is 3. The second kappa shape index (κ2) is 5.52. The zero-order valence-electron chi connectivity index (χ0n) is 7.54. The SMILES string of the molecule is CC(O)CC(C)NC[C@H](C)O. The van der Waals surface area contributed by atoms with Crippen LogP contribution in [-0.4, -0.2) is 35.0 Å². The van der Waals surface area contributed by atoms with Crippen LogP contribution in [0.3, 0.4) is 0 Å². The molecule has 0 radical (unpaired) electrons. The summed E-state index contributed by atoms with van der Waals surface area (Å²) < 4.78 is 0. The summed E-state index contributed by atoms with van der Waals surface area (Å²) in [7, 11) is 0. The van der Waals surface area contributed by atoms with Gasteiger partial charge in [-0.2, -0.15) is 0 Å². The van der Waals surface area contributed by atoms with Gasteiger partial charge in [-0.15, -0.1) is 0 Å². The number of aliphatic hydroxyl groups is 2. The van der Waals surface area contributed by atoms with Gasteiger partial charge >= 0.3 is 0 Å². The maximum atomic E-state index is 8.99. The van der Waals surface area contributed by atoms with E-state index < -0.39 is 0 Å². The van der Waals surface area contributed by atoms with Crippen molar-refractivity contribution in [2.24, 2.45) is 0 Å². The Morgan fingerprint density at radius 3 is 2.00 bits per heavy atom. The van der Waals surface area contributed by atoms with Gasteiger partial charge in [-0.1, -0.05) is 0 Å². The quantitative estimate of drug-likeness (QED) is 0.536. The molecule has 0 saturated heterocycles. The standard InChI is InChI=1S/C8H19NO2/c1-6(4-7(2)10)9-5-8(3)11/h6-11H,4-5H2,1-3H3/t6?,7?,8-/m0/s1. The zero-order chi connectivity index (χ0) is 8.85. The summed E-state index contributed by atoms with van der Waals surface area (Å²) >= 11 is 0. The molecule has 3 heteroatoms. The van der Waals surface area contributed by atoms with Crippen molar-refractivity contribution in [2.45, 2.75) is 45.4 Å². The first kappa shape index (κ1) is 10.9. The highest BCUT2D eigenvalue weighted by molar-refractivity contribution is 4.65. The molecule has 3 atom stereocenters. The molecule has 0 amide bonds. The van der Waals surface area contributed by atoms with E-state index in [0.29, 0.717) is 6.54 Å². The van der Waals surface area contributed by atoms with E-state index >= 15 is 0 Å². The maximum absolute atomic E-state index is 8.99. The molecular formula is C8H19NO2. The lowest BCUT2D eigenvalue weighted by atomic mass is 10.1. The molecule has 0 fully saturated rings. The number of nitrogens with one attached hydrogen (secondary N) is 1. The molecule has 11 heavy (non-hydrogen) atoms. The largest absolute Gasteiger partial charge is 0.393 e. The Morgan fingerprint density at radius 1 is 1.09 bits per heavy atom. The van der Waals surface area contributed by atoms with Crippen LogP contribution in [0.5, 0.6) is 0 Å². The van der Waals surface area contributed by atoms with Crippen molar-refractivity contribution in [3.63, 3.8) is 0 Å². The van der Waals surface area contributed by atoms with Crippen LogP contribution in [0.15, 0.2) is 0 Å². The fourth-order valence-electron chi connectivity index (χ4n) is 0.967. The van der Waals surface area contributed by atoms with Crippen LogP contribution in [0.2, 0.25) is 0 Å². The van der Waals surface area contributed by atoms with Crippen LogP contribution < -0.4 is 5.32 Å². The Kier molecular flexibility index (Phi) is 5.46. The van der Waals surface area contributed by atoms with Crippen molar-refractivity contribution in [1.29, 1.82) is 0 Å². The molecule has 0 saturated carbocycles. The monoisotopic (exact) mass is 161 g/mol. The first-order chi connectivity index (χ1) is 5.02. The second-order valence-electron chi connectivity index (χ2n) is 3.24. The van der Waals surface area contributed by atoms with Crippen LogP contribution in [0.4, 0.5) is 0 Å². The third kappa shape index (κ3) is 7.78. The number of hydrogen-bond donors (Lipinski definition) is 3. The van der Waals surface area contributed by atoms with E-state index in [1.54, 1.807) is 13.8 Å². The predicted molar refractivity (Wildman–Crippen MR) is 45.4 cm³/mol. The minimum absolute atomic E-state index is 0.268. The molecule has 0 aromatic rings. The van der Waals surface area contributed by atoms with Crippen LogP contribution in [0, 0.1) is 0 Å². The van der Waals surface area contributed by atoms with Gasteiger partial charge in [0, 0.05) is 12.6 Å². The normalized spacial score (nSPS) is 19.4. The van der Waals surface area contributed by atoms with E-state index in [1.165, 1.54) is 0 Å². The van der Waals surface area contributed by atoms with Crippen molar-refractivity contribution in [1.82, 2.24) is 5.32 Å².